The summed E-state index contributed by atoms with van der Waals surface area (Å²) in [7, 11) is 0. The van der Waals surface area contributed by atoms with E-state index in [1.807, 2.05) is 31.4 Å². The summed E-state index contributed by atoms with van der Waals surface area (Å²) < 4.78 is 17.7. The number of fused-ring (bicyclic) bond motifs is 1. The van der Waals surface area contributed by atoms with Crippen LogP contribution in [0.15, 0.2) is 35.7 Å². The Labute approximate surface area is 154 Å². The smallest absolute Gasteiger partial charge is 0.336 e. The first-order valence-electron chi connectivity index (χ1n) is 8.20. The summed E-state index contributed by atoms with van der Waals surface area (Å²) in [4.78, 5) is 17.8. The van der Waals surface area contributed by atoms with Crippen molar-refractivity contribution in [3.63, 3.8) is 0 Å². The summed E-state index contributed by atoms with van der Waals surface area (Å²) in [5.74, 6) is 1.76. The first kappa shape index (κ1) is 16.6. The first-order chi connectivity index (χ1) is 12.6. The van der Waals surface area contributed by atoms with Crippen molar-refractivity contribution in [3.8, 4) is 28.9 Å². The molecule has 1 aliphatic heterocycles. The van der Waals surface area contributed by atoms with Gasteiger partial charge in [-0.25, -0.2) is 0 Å². The molecule has 0 aliphatic carbocycles. The third-order valence-corrected chi connectivity index (χ3v) is 4.55. The molecule has 1 aliphatic rings. The number of thiophene rings is 1. The van der Waals surface area contributed by atoms with Crippen molar-refractivity contribution in [2.45, 2.75) is 13.8 Å². The predicted octanol–water partition coefficient (Wildman–Crippen LogP) is 3.46. The molecule has 2 aromatic heterocycles. The van der Waals surface area contributed by atoms with Gasteiger partial charge in [0, 0.05) is 5.56 Å². The lowest BCUT2D eigenvalue weighted by Crippen LogP contribution is -2.14. The second-order valence-corrected chi connectivity index (χ2v) is 7.13. The van der Waals surface area contributed by atoms with Gasteiger partial charge in [-0.15, -0.1) is 16.4 Å². The van der Waals surface area contributed by atoms with E-state index >= 15 is 0 Å². The Bertz CT molecular complexity index is 934. The minimum Gasteiger partial charge on any atom is -0.462 e. The summed E-state index contributed by atoms with van der Waals surface area (Å²) in [5.41, 5.74) is 0.700. The number of hydrogen-bond acceptors (Lipinski definition) is 7. The average molecular weight is 371 g/mol. The zero-order valence-electron chi connectivity index (χ0n) is 14.3. The van der Waals surface area contributed by atoms with E-state index in [9.17, 15) is 4.79 Å². The molecule has 0 saturated heterocycles. The fourth-order valence-corrected chi connectivity index (χ4v) is 3.11. The molecule has 0 bridgehead atoms. The van der Waals surface area contributed by atoms with E-state index in [4.69, 9.17) is 14.2 Å². The van der Waals surface area contributed by atoms with Gasteiger partial charge in [0.1, 0.15) is 0 Å². The number of benzene rings is 1. The predicted molar refractivity (Wildman–Crippen MR) is 96.0 cm³/mol. The van der Waals surface area contributed by atoms with Crippen LogP contribution in [-0.4, -0.2) is 34.1 Å². The van der Waals surface area contributed by atoms with Gasteiger partial charge in [-0.3, -0.25) is 4.79 Å². The van der Waals surface area contributed by atoms with E-state index in [2.05, 4.69) is 10.1 Å². The molecule has 4 rings (SSSR count). The van der Waals surface area contributed by atoms with E-state index in [-0.39, 0.29) is 18.7 Å². The molecule has 7 nitrogen and oxygen atoms in total. The van der Waals surface area contributed by atoms with Crippen molar-refractivity contribution in [1.29, 1.82) is 0 Å². The lowest BCUT2D eigenvalue weighted by atomic mass is 10.2. The van der Waals surface area contributed by atoms with Crippen LogP contribution in [0.5, 0.6) is 17.5 Å². The number of ether oxygens (including phenoxy) is 3. The summed E-state index contributed by atoms with van der Waals surface area (Å²) in [6, 6.07) is 9.16. The van der Waals surface area contributed by atoms with Crippen molar-refractivity contribution < 1.29 is 19.0 Å². The molecule has 0 saturated carbocycles. The summed E-state index contributed by atoms with van der Waals surface area (Å²) in [6.07, 6.45) is 0. The topological polar surface area (TPSA) is 75.5 Å². The third-order valence-electron chi connectivity index (χ3n) is 3.69. The SMILES string of the molecule is CC(C)COc1nc(-c2ccc3c(c2)OCO3)n(C(=O)c2cccs2)n1. The Hall–Kier alpha value is -2.87. The third kappa shape index (κ3) is 3.15. The molecular weight excluding hydrogens is 354 g/mol. The molecular formula is C18H17N3O4S. The Morgan fingerprint density at radius 1 is 1.31 bits per heavy atom. The molecule has 0 amide bonds. The maximum absolute atomic E-state index is 12.8. The number of carbonyl (C=O) groups excluding carboxylic acids is 1. The van der Waals surface area contributed by atoms with Gasteiger partial charge in [-0.05, 0) is 35.6 Å². The summed E-state index contributed by atoms with van der Waals surface area (Å²) in [5, 5.41) is 6.12. The molecule has 3 heterocycles. The second kappa shape index (κ2) is 6.80. The minimum absolute atomic E-state index is 0.177. The van der Waals surface area contributed by atoms with Gasteiger partial charge < -0.3 is 14.2 Å². The summed E-state index contributed by atoms with van der Waals surface area (Å²) in [6.45, 7) is 4.72. The van der Waals surface area contributed by atoms with Crippen molar-refractivity contribution >= 4 is 17.2 Å². The Balaban J connectivity index is 1.75. The zero-order valence-corrected chi connectivity index (χ0v) is 15.2. The highest BCUT2D eigenvalue weighted by molar-refractivity contribution is 7.12. The molecule has 0 unspecified atom stereocenters. The molecule has 26 heavy (non-hydrogen) atoms. The average Bonchev–Trinajstić information content (AvgIpc) is 3.38. The van der Waals surface area contributed by atoms with Gasteiger partial charge in [0.25, 0.3) is 5.91 Å². The minimum atomic E-state index is -0.250. The number of aromatic nitrogens is 3. The normalized spacial score (nSPS) is 12.6. The van der Waals surface area contributed by atoms with E-state index < -0.39 is 0 Å². The van der Waals surface area contributed by atoms with E-state index in [0.717, 1.165) is 0 Å². The van der Waals surface area contributed by atoms with Gasteiger partial charge in [0.05, 0.1) is 11.5 Å². The molecule has 0 radical (unpaired) electrons. The second-order valence-electron chi connectivity index (χ2n) is 6.19. The van der Waals surface area contributed by atoms with Crippen LogP contribution in [-0.2, 0) is 0 Å². The Morgan fingerprint density at radius 2 is 2.15 bits per heavy atom. The molecule has 0 atom stereocenters. The number of carbonyl (C=O) groups is 1. The Morgan fingerprint density at radius 3 is 2.92 bits per heavy atom. The molecule has 3 aromatic rings. The van der Waals surface area contributed by atoms with Crippen molar-refractivity contribution in [3.05, 3.63) is 40.6 Å². The summed E-state index contributed by atoms with van der Waals surface area (Å²) >= 11 is 1.35. The fraction of sp³-hybridized carbons (Fsp3) is 0.278. The number of rotatable bonds is 5. The van der Waals surface area contributed by atoms with E-state index in [1.54, 1.807) is 18.2 Å². The highest BCUT2D eigenvalue weighted by atomic mass is 32.1. The van der Waals surface area contributed by atoms with E-state index in [0.29, 0.717) is 40.3 Å². The van der Waals surface area contributed by atoms with Crippen LogP contribution < -0.4 is 14.2 Å². The van der Waals surface area contributed by atoms with Crippen LogP contribution in [0.4, 0.5) is 0 Å². The first-order valence-corrected chi connectivity index (χ1v) is 9.08. The van der Waals surface area contributed by atoms with Crippen LogP contribution in [0.25, 0.3) is 11.4 Å². The molecule has 8 heteroatoms. The number of nitrogens with zero attached hydrogens (tertiary/aromatic N) is 3. The van der Waals surface area contributed by atoms with Crippen molar-refractivity contribution in [1.82, 2.24) is 14.8 Å². The standard InChI is InChI=1S/C18H17N3O4S/c1-11(2)9-23-18-19-16(12-5-6-13-14(8-12)25-10-24-13)21(20-18)17(22)15-4-3-7-26-15/h3-8,11H,9-10H2,1-2H3. The maximum Gasteiger partial charge on any atom is 0.336 e. The molecule has 134 valence electrons. The van der Waals surface area contributed by atoms with Gasteiger partial charge in [-0.2, -0.15) is 9.67 Å². The number of hydrogen-bond donors (Lipinski definition) is 0. The largest absolute Gasteiger partial charge is 0.462 e. The van der Waals surface area contributed by atoms with Crippen LogP contribution in [0.1, 0.15) is 23.5 Å². The van der Waals surface area contributed by atoms with Crippen LogP contribution in [0.2, 0.25) is 0 Å². The lowest BCUT2D eigenvalue weighted by molar-refractivity contribution is 0.0948. The van der Waals surface area contributed by atoms with Crippen LogP contribution >= 0.6 is 11.3 Å². The Kier molecular flexibility index (Phi) is 4.34. The molecule has 1 aromatic carbocycles. The van der Waals surface area contributed by atoms with E-state index in [1.165, 1.54) is 16.0 Å². The van der Waals surface area contributed by atoms with Crippen molar-refractivity contribution in [2.75, 3.05) is 13.4 Å². The zero-order chi connectivity index (χ0) is 18.1. The maximum atomic E-state index is 12.8. The van der Waals surface area contributed by atoms with Gasteiger partial charge in [0.2, 0.25) is 6.79 Å². The van der Waals surface area contributed by atoms with Crippen LogP contribution in [0.3, 0.4) is 0 Å². The highest BCUT2D eigenvalue weighted by Crippen LogP contribution is 2.36. The monoisotopic (exact) mass is 371 g/mol. The van der Waals surface area contributed by atoms with Gasteiger partial charge >= 0.3 is 6.01 Å². The quantitative estimate of drug-likeness (QED) is 0.684. The highest BCUT2D eigenvalue weighted by Gasteiger charge is 2.23. The fourth-order valence-electron chi connectivity index (χ4n) is 2.46. The van der Waals surface area contributed by atoms with Crippen molar-refractivity contribution in [2.24, 2.45) is 5.92 Å². The molecule has 0 N–H and O–H groups in total. The molecule has 0 fully saturated rings. The molecule has 0 spiro atoms. The van der Waals surface area contributed by atoms with Gasteiger partial charge in [0.15, 0.2) is 17.3 Å². The van der Waals surface area contributed by atoms with Crippen LogP contribution in [0, 0.1) is 5.92 Å². The van der Waals surface area contributed by atoms with Gasteiger partial charge in [-0.1, -0.05) is 19.9 Å². The lowest BCUT2D eigenvalue weighted by Gasteiger charge is -2.04.